The van der Waals surface area contributed by atoms with Crippen LogP contribution in [0.4, 0.5) is 0 Å². The summed E-state index contributed by atoms with van der Waals surface area (Å²) in [5.74, 6) is 0.263. The van der Waals surface area contributed by atoms with Crippen LogP contribution in [-0.4, -0.2) is 36.5 Å². The van der Waals surface area contributed by atoms with Crippen LogP contribution >= 0.6 is 0 Å². The Bertz CT molecular complexity index is 257. The zero-order valence-electron chi connectivity index (χ0n) is 12.3. The topological polar surface area (TPSA) is 77.1 Å². The van der Waals surface area contributed by atoms with Crippen LogP contribution in [0.2, 0.25) is 0 Å². The van der Waals surface area contributed by atoms with Crippen LogP contribution in [0, 0.1) is 5.41 Å². The smallest absolute Gasteiger partial charge is 0.144 e. The van der Waals surface area contributed by atoms with Gasteiger partial charge in [-0.1, -0.05) is 19.0 Å². The first-order valence-electron chi connectivity index (χ1n) is 6.39. The van der Waals surface area contributed by atoms with Crippen molar-refractivity contribution in [1.82, 2.24) is 0 Å². The lowest BCUT2D eigenvalue weighted by atomic mass is 9.87. The lowest BCUT2D eigenvalue weighted by Crippen LogP contribution is -2.32. The number of rotatable bonds is 8. The normalized spacial score (nSPS) is 13.9. The van der Waals surface area contributed by atoms with Crippen LogP contribution in [0.25, 0.3) is 0 Å². The van der Waals surface area contributed by atoms with E-state index in [1.807, 2.05) is 34.6 Å². The van der Waals surface area contributed by atoms with Crippen LogP contribution in [-0.2, 0) is 9.47 Å². The Balaban J connectivity index is 3.58. The van der Waals surface area contributed by atoms with Gasteiger partial charge in [0, 0.05) is 12.0 Å². The summed E-state index contributed by atoms with van der Waals surface area (Å²) in [7, 11) is 0. The van der Waals surface area contributed by atoms with Gasteiger partial charge in [-0.05, 0) is 33.6 Å². The van der Waals surface area contributed by atoms with Crippen LogP contribution < -0.4 is 5.73 Å². The Hall–Kier alpha value is -0.810. The Morgan fingerprint density at radius 2 is 1.72 bits per heavy atom. The summed E-state index contributed by atoms with van der Waals surface area (Å²) in [6.45, 7) is 11.8. The lowest BCUT2D eigenvalue weighted by Gasteiger charge is -2.22. The minimum atomic E-state index is -0.292. The number of nitrogens with two attached hydrogens (primary N) is 1. The highest BCUT2D eigenvalue weighted by Gasteiger charge is 2.22. The molecule has 0 aliphatic heterocycles. The lowest BCUT2D eigenvalue weighted by molar-refractivity contribution is -0.0354. The molecule has 0 aromatic carbocycles. The van der Waals surface area contributed by atoms with Crippen molar-refractivity contribution < 1.29 is 14.7 Å². The van der Waals surface area contributed by atoms with Crippen LogP contribution in [0.5, 0.6) is 0 Å². The molecule has 0 heterocycles. The quantitative estimate of drug-likeness (QED) is 0.231. The maximum atomic E-state index is 8.63. The molecule has 0 amide bonds. The fourth-order valence-electron chi connectivity index (χ4n) is 1.39. The van der Waals surface area contributed by atoms with E-state index in [1.165, 1.54) is 0 Å². The number of amidine groups is 1. The van der Waals surface area contributed by atoms with E-state index in [9.17, 15) is 0 Å². The van der Waals surface area contributed by atoms with Gasteiger partial charge in [0.1, 0.15) is 5.84 Å². The highest BCUT2D eigenvalue weighted by molar-refractivity contribution is 5.85. The predicted molar refractivity (Wildman–Crippen MR) is 72.9 cm³/mol. The SMILES string of the molecule is CC(C)(C)OCCOCCCC(C)(C)C(N)=NO. The molecule has 0 aliphatic rings. The standard InChI is InChI=1S/C13H28N2O3/c1-12(2,3)18-10-9-17-8-6-7-13(4,5)11(14)15-16/h16H,6-10H2,1-5H3,(H2,14,15). The number of hydrogen-bond donors (Lipinski definition) is 2. The van der Waals surface area contributed by atoms with Crippen molar-refractivity contribution >= 4 is 5.84 Å². The molecule has 0 radical (unpaired) electrons. The average molecular weight is 260 g/mol. The summed E-state index contributed by atoms with van der Waals surface area (Å²) < 4.78 is 11.0. The molecule has 0 unspecified atom stereocenters. The van der Waals surface area contributed by atoms with Crippen molar-refractivity contribution in [2.75, 3.05) is 19.8 Å². The van der Waals surface area contributed by atoms with Gasteiger partial charge < -0.3 is 20.4 Å². The molecular formula is C13H28N2O3. The van der Waals surface area contributed by atoms with Crippen molar-refractivity contribution in [3.05, 3.63) is 0 Å². The monoisotopic (exact) mass is 260 g/mol. The van der Waals surface area contributed by atoms with E-state index >= 15 is 0 Å². The molecule has 5 heteroatoms. The van der Waals surface area contributed by atoms with Crippen molar-refractivity contribution in [3.8, 4) is 0 Å². The molecule has 0 aliphatic carbocycles. The Kier molecular flexibility index (Phi) is 7.25. The van der Waals surface area contributed by atoms with Gasteiger partial charge in [-0.15, -0.1) is 0 Å². The summed E-state index contributed by atoms with van der Waals surface area (Å²) in [5.41, 5.74) is 5.19. The first kappa shape index (κ1) is 17.2. The van der Waals surface area contributed by atoms with Crippen LogP contribution in [0.1, 0.15) is 47.5 Å². The Morgan fingerprint density at radius 3 is 2.22 bits per heavy atom. The molecule has 0 spiro atoms. The third-order valence-corrected chi connectivity index (χ3v) is 2.65. The minimum absolute atomic E-state index is 0.114. The first-order valence-corrected chi connectivity index (χ1v) is 6.39. The summed E-state index contributed by atoms with van der Waals surface area (Å²) in [4.78, 5) is 0. The van der Waals surface area contributed by atoms with Gasteiger partial charge in [0.15, 0.2) is 0 Å². The van der Waals surface area contributed by atoms with Gasteiger partial charge >= 0.3 is 0 Å². The molecule has 0 bridgehead atoms. The molecule has 0 aromatic rings. The van der Waals surface area contributed by atoms with Gasteiger partial charge in [-0.25, -0.2) is 0 Å². The van der Waals surface area contributed by atoms with Gasteiger partial charge in [-0.2, -0.15) is 0 Å². The number of nitrogens with zero attached hydrogens (tertiary/aromatic N) is 1. The zero-order valence-corrected chi connectivity index (χ0v) is 12.3. The van der Waals surface area contributed by atoms with E-state index in [-0.39, 0.29) is 16.9 Å². The molecule has 0 rings (SSSR count). The van der Waals surface area contributed by atoms with Crippen molar-refractivity contribution in [2.24, 2.45) is 16.3 Å². The van der Waals surface area contributed by atoms with Gasteiger partial charge in [0.05, 0.1) is 18.8 Å². The highest BCUT2D eigenvalue weighted by Crippen LogP contribution is 2.22. The molecule has 0 atom stereocenters. The van der Waals surface area contributed by atoms with E-state index in [1.54, 1.807) is 0 Å². The fraction of sp³-hybridized carbons (Fsp3) is 0.923. The van der Waals surface area contributed by atoms with E-state index in [0.29, 0.717) is 19.8 Å². The van der Waals surface area contributed by atoms with E-state index < -0.39 is 0 Å². The summed E-state index contributed by atoms with van der Waals surface area (Å²) in [6.07, 6.45) is 1.70. The second-order valence-electron chi connectivity index (χ2n) is 6.05. The molecule has 3 N–H and O–H groups in total. The Morgan fingerprint density at radius 1 is 1.11 bits per heavy atom. The van der Waals surface area contributed by atoms with E-state index in [2.05, 4.69) is 5.16 Å². The van der Waals surface area contributed by atoms with E-state index in [4.69, 9.17) is 20.4 Å². The second-order valence-corrected chi connectivity index (χ2v) is 6.05. The maximum Gasteiger partial charge on any atom is 0.144 e. The third kappa shape index (κ3) is 8.31. The van der Waals surface area contributed by atoms with Crippen LogP contribution in [0.15, 0.2) is 5.16 Å². The van der Waals surface area contributed by atoms with Crippen molar-refractivity contribution in [3.63, 3.8) is 0 Å². The van der Waals surface area contributed by atoms with Crippen molar-refractivity contribution in [2.45, 2.75) is 53.1 Å². The first-order chi connectivity index (χ1) is 8.19. The largest absolute Gasteiger partial charge is 0.409 e. The molecule has 18 heavy (non-hydrogen) atoms. The highest BCUT2D eigenvalue weighted by atomic mass is 16.5. The molecule has 0 saturated carbocycles. The maximum absolute atomic E-state index is 8.63. The number of hydrogen-bond acceptors (Lipinski definition) is 4. The number of ether oxygens (including phenoxy) is 2. The summed E-state index contributed by atoms with van der Waals surface area (Å²) >= 11 is 0. The van der Waals surface area contributed by atoms with Gasteiger partial charge in [0.2, 0.25) is 0 Å². The second kappa shape index (κ2) is 7.59. The minimum Gasteiger partial charge on any atom is -0.409 e. The van der Waals surface area contributed by atoms with Gasteiger partial charge in [0.25, 0.3) is 0 Å². The average Bonchev–Trinajstić information content (AvgIpc) is 2.25. The zero-order chi connectivity index (χ0) is 14.2. The third-order valence-electron chi connectivity index (χ3n) is 2.65. The predicted octanol–water partition coefficient (Wildman–Crippen LogP) is 2.37. The van der Waals surface area contributed by atoms with Gasteiger partial charge in [-0.3, -0.25) is 0 Å². The van der Waals surface area contributed by atoms with E-state index in [0.717, 1.165) is 12.8 Å². The number of oxime groups is 1. The molecule has 0 aromatic heterocycles. The molecule has 5 nitrogen and oxygen atoms in total. The summed E-state index contributed by atoms with van der Waals surface area (Å²) in [6, 6.07) is 0. The molecular weight excluding hydrogens is 232 g/mol. The molecule has 0 saturated heterocycles. The summed E-state index contributed by atoms with van der Waals surface area (Å²) in [5, 5.41) is 11.7. The fourth-order valence-corrected chi connectivity index (χ4v) is 1.39. The Labute approximate surface area is 110 Å². The molecule has 0 fully saturated rings. The molecule has 108 valence electrons. The van der Waals surface area contributed by atoms with Crippen LogP contribution in [0.3, 0.4) is 0 Å². The van der Waals surface area contributed by atoms with Crippen molar-refractivity contribution in [1.29, 1.82) is 0 Å².